The van der Waals surface area contributed by atoms with Gasteiger partial charge in [0.2, 0.25) is 0 Å². The number of Topliss-reactive ketones (excluding diaryl/α,β-unsaturated/α-hetero) is 1. The van der Waals surface area contributed by atoms with Crippen LogP contribution in [0.4, 0.5) is 0 Å². The maximum atomic E-state index is 12.7. The number of aryl methyl sites for hydroxylation is 1. The average molecular weight is 369 g/mol. The Bertz CT molecular complexity index is 625. The van der Waals surface area contributed by atoms with Gasteiger partial charge < -0.3 is 9.47 Å². The lowest BCUT2D eigenvalue weighted by atomic mass is 9.80. The van der Waals surface area contributed by atoms with Crippen molar-refractivity contribution >= 4 is 17.7 Å². The van der Waals surface area contributed by atoms with Crippen molar-refractivity contribution in [3.8, 4) is 0 Å². The van der Waals surface area contributed by atoms with Gasteiger partial charge in [0.05, 0.1) is 13.2 Å². The van der Waals surface area contributed by atoms with Crippen LogP contribution in [-0.4, -0.2) is 30.9 Å². The second-order valence-corrected chi connectivity index (χ2v) is 6.30. The van der Waals surface area contributed by atoms with Crippen molar-refractivity contribution in [2.75, 3.05) is 13.2 Å². The Morgan fingerprint density at radius 3 is 1.89 bits per heavy atom. The molecular weight excluding hydrogens is 344 g/mol. The van der Waals surface area contributed by atoms with Crippen LogP contribution in [0.15, 0.2) is 24.3 Å². The van der Waals surface area contributed by atoms with Gasteiger partial charge in [0.15, 0.2) is 5.92 Å². The zero-order valence-electron chi connectivity index (χ0n) is 15.9. The van der Waals surface area contributed by atoms with Crippen LogP contribution in [0.2, 0.25) is 0 Å². The highest BCUT2D eigenvalue weighted by molar-refractivity contribution is 6.01. The van der Waals surface area contributed by atoms with Crippen LogP contribution in [-0.2, 0) is 23.9 Å². The molecule has 0 aromatic heterocycles. The second-order valence-electron chi connectivity index (χ2n) is 6.30. The molecule has 1 saturated carbocycles. The van der Waals surface area contributed by atoms with Crippen LogP contribution in [0.1, 0.15) is 37.3 Å². The molecule has 5 radical (unpaired) electrons. The van der Waals surface area contributed by atoms with Gasteiger partial charge in [0.25, 0.3) is 0 Å². The standard InChI is InChI=1S/C22H25O5/c1-4-26-21(24)20(22(25)27-5-2)18(16-12-10-15(3)11-13-16)14-19(23)17-8-6-7-9-17/h6-13,18,20H,4-5,14H2,1-3H3. The maximum Gasteiger partial charge on any atom is 0.320 e. The Kier molecular flexibility index (Phi) is 8.01. The molecule has 1 atom stereocenters. The fourth-order valence-electron chi connectivity index (χ4n) is 3.01. The SMILES string of the molecule is CCOC(=O)C(C(=O)OCC)C(CC(=O)[C]1[CH][CH][CH][CH]1)c1ccc(C)cc1. The molecule has 143 valence electrons. The van der Waals surface area contributed by atoms with Gasteiger partial charge in [-0.15, -0.1) is 0 Å². The number of carbonyl (C=O) groups excluding carboxylic acids is 3. The number of hydrogen-bond acceptors (Lipinski definition) is 5. The summed E-state index contributed by atoms with van der Waals surface area (Å²) < 4.78 is 10.2. The maximum absolute atomic E-state index is 12.7. The predicted octanol–water partition coefficient (Wildman–Crippen LogP) is 3.19. The monoisotopic (exact) mass is 369 g/mol. The minimum Gasteiger partial charge on any atom is -0.465 e. The quantitative estimate of drug-likeness (QED) is 0.494. The van der Waals surface area contributed by atoms with Crippen molar-refractivity contribution in [3.05, 3.63) is 67.0 Å². The van der Waals surface area contributed by atoms with E-state index in [1.165, 1.54) is 0 Å². The highest BCUT2D eigenvalue weighted by Crippen LogP contribution is 2.35. The minimum absolute atomic E-state index is 0.00930. The third kappa shape index (κ3) is 5.65. The fraction of sp³-hybridized carbons (Fsp3) is 0.364. The van der Waals surface area contributed by atoms with Gasteiger partial charge in [0, 0.05) is 18.3 Å². The smallest absolute Gasteiger partial charge is 0.320 e. The van der Waals surface area contributed by atoms with Gasteiger partial charge in [-0.2, -0.15) is 0 Å². The number of benzene rings is 1. The third-order valence-electron chi connectivity index (χ3n) is 4.38. The molecule has 5 nitrogen and oxygen atoms in total. The Morgan fingerprint density at radius 1 is 0.889 bits per heavy atom. The molecule has 0 spiro atoms. The highest BCUT2D eigenvalue weighted by atomic mass is 16.6. The first kappa shape index (κ1) is 21.1. The molecule has 0 N–H and O–H groups in total. The normalized spacial score (nSPS) is 15.6. The number of hydrogen-bond donors (Lipinski definition) is 0. The van der Waals surface area contributed by atoms with Crippen LogP contribution < -0.4 is 0 Å². The first-order valence-corrected chi connectivity index (χ1v) is 9.12. The molecule has 0 aliphatic heterocycles. The van der Waals surface area contributed by atoms with Crippen LogP contribution in [0.25, 0.3) is 0 Å². The molecule has 1 fully saturated rings. The molecule has 1 aliphatic rings. The van der Waals surface area contributed by atoms with Crippen molar-refractivity contribution in [2.45, 2.75) is 33.1 Å². The van der Waals surface area contributed by atoms with E-state index in [1.807, 2.05) is 31.2 Å². The largest absolute Gasteiger partial charge is 0.465 e. The lowest BCUT2D eigenvalue weighted by Gasteiger charge is -2.25. The molecule has 0 heterocycles. The zero-order valence-corrected chi connectivity index (χ0v) is 15.9. The lowest BCUT2D eigenvalue weighted by Crippen LogP contribution is -2.35. The summed E-state index contributed by atoms with van der Waals surface area (Å²) in [4.78, 5) is 37.9. The Balaban J connectivity index is 2.36. The average Bonchev–Trinajstić information content (AvgIpc) is 3.17. The van der Waals surface area contributed by atoms with Crippen LogP contribution in [0.5, 0.6) is 0 Å². The molecule has 1 aromatic rings. The summed E-state index contributed by atoms with van der Waals surface area (Å²) in [6, 6.07) is 7.46. The molecule has 0 saturated heterocycles. The summed E-state index contributed by atoms with van der Waals surface area (Å²) in [7, 11) is 0. The first-order valence-electron chi connectivity index (χ1n) is 9.12. The Morgan fingerprint density at radius 2 is 1.41 bits per heavy atom. The highest BCUT2D eigenvalue weighted by Gasteiger charge is 2.40. The summed E-state index contributed by atoms with van der Waals surface area (Å²) >= 11 is 0. The summed E-state index contributed by atoms with van der Waals surface area (Å²) in [6.45, 7) is 5.59. The van der Waals surface area contributed by atoms with Gasteiger partial charge in [-0.3, -0.25) is 14.4 Å². The van der Waals surface area contributed by atoms with E-state index in [2.05, 4.69) is 0 Å². The van der Waals surface area contributed by atoms with Crippen molar-refractivity contribution in [1.29, 1.82) is 0 Å². The summed E-state index contributed by atoms with van der Waals surface area (Å²) in [5.74, 6) is -2.77. The van der Waals surface area contributed by atoms with E-state index in [0.717, 1.165) is 11.1 Å². The predicted molar refractivity (Wildman–Crippen MR) is 101 cm³/mol. The Hall–Kier alpha value is -2.17. The van der Waals surface area contributed by atoms with E-state index in [1.54, 1.807) is 39.5 Å². The molecular formula is C22H25O5. The van der Waals surface area contributed by atoms with Gasteiger partial charge in [-0.1, -0.05) is 29.8 Å². The number of ketones is 1. The second kappa shape index (κ2) is 10.2. The van der Waals surface area contributed by atoms with Crippen LogP contribution >= 0.6 is 0 Å². The van der Waals surface area contributed by atoms with Crippen molar-refractivity contribution in [3.63, 3.8) is 0 Å². The van der Waals surface area contributed by atoms with E-state index in [4.69, 9.17) is 9.47 Å². The summed E-state index contributed by atoms with van der Waals surface area (Å²) in [5, 5.41) is 0. The minimum atomic E-state index is -1.19. The lowest BCUT2D eigenvalue weighted by molar-refractivity contribution is -0.162. The van der Waals surface area contributed by atoms with Gasteiger partial charge in [-0.25, -0.2) is 0 Å². The summed E-state index contributed by atoms with van der Waals surface area (Å²) in [5.41, 5.74) is 1.77. The zero-order chi connectivity index (χ0) is 19.8. The number of carbonyl (C=O) groups is 3. The van der Waals surface area contributed by atoms with Gasteiger partial charge in [-0.05, 0) is 52.0 Å². The third-order valence-corrected chi connectivity index (χ3v) is 4.38. The molecule has 1 aromatic carbocycles. The van der Waals surface area contributed by atoms with E-state index < -0.39 is 23.8 Å². The number of ether oxygens (including phenoxy) is 2. The van der Waals surface area contributed by atoms with Crippen molar-refractivity contribution in [2.24, 2.45) is 5.92 Å². The number of rotatable bonds is 9. The molecule has 27 heavy (non-hydrogen) atoms. The van der Waals surface area contributed by atoms with E-state index >= 15 is 0 Å². The first-order chi connectivity index (χ1) is 13.0. The topological polar surface area (TPSA) is 69.7 Å². The molecule has 2 rings (SSSR count). The molecule has 0 bridgehead atoms. The molecule has 1 unspecified atom stereocenters. The van der Waals surface area contributed by atoms with E-state index in [9.17, 15) is 14.4 Å². The van der Waals surface area contributed by atoms with E-state index in [0.29, 0.717) is 5.92 Å². The molecule has 5 heteroatoms. The Labute approximate surface area is 161 Å². The van der Waals surface area contributed by atoms with Crippen molar-refractivity contribution in [1.82, 2.24) is 0 Å². The fourth-order valence-corrected chi connectivity index (χ4v) is 3.01. The molecule has 1 aliphatic carbocycles. The summed E-state index contributed by atoms with van der Waals surface area (Å²) in [6.07, 6.45) is 7.01. The number of esters is 2. The van der Waals surface area contributed by atoms with Gasteiger partial charge in [0.1, 0.15) is 5.78 Å². The van der Waals surface area contributed by atoms with Crippen LogP contribution in [0.3, 0.4) is 0 Å². The van der Waals surface area contributed by atoms with E-state index in [-0.39, 0.29) is 25.4 Å². The molecule has 0 amide bonds. The van der Waals surface area contributed by atoms with Crippen LogP contribution in [0, 0.1) is 44.4 Å². The van der Waals surface area contributed by atoms with Gasteiger partial charge >= 0.3 is 11.9 Å². The van der Waals surface area contributed by atoms with Crippen molar-refractivity contribution < 1.29 is 23.9 Å².